The molecule has 1 N–H and O–H groups in total. The summed E-state index contributed by atoms with van der Waals surface area (Å²) >= 11 is 0. The molecule has 0 saturated carbocycles. The van der Waals surface area contributed by atoms with E-state index in [1.165, 1.54) is 0 Å². The van der Waals surface area contributed by atoms with Crippen molar-refractivity contribution in [3.8, 4) is 5.75 Å². The minimum absolute atomic E-state index is 0.0531. The highest BCUT2D eigenvalue weighted by molar-refractivity contribution is 5.33. The first-order valence-corrected chi connectivity index (χ1v) is 6.29. The molecule has 4 heteroatoms. The SMILES string of the molecule is CCNC(C)CC(C)Oc1cc(F)c(F)cc1C. The maximum Gasteiger partial charge on any atom is 0.162 e. The maximum absolute atomic E-state index is 13.1. The van der Waals surface area contributed by atoms with Crippen molar-refractivity contribution in [2.24, 2.45) is 0 Å². The summed E-state index contributed by atoms with van der Waals surface area (Å²) in [6.45, 7) is 8.65. The van der Waals surface area contributed by atoms with Crippen molar-refractivity contribution >= 4 is 0 Å². The van der Waals surface area contributed by atoms with Crippen LogP contribution in [0.2, 0.25) is 0 Å². The molecule has 1 aromatic carbocycles. The smallest absolute Gasteiger partial charge is 0.162 e. The van der Waals surface area contributed by atoms with E-state index in [0.29, 0.717) is 17.4 Å². The average molecular weight is 257 g/mol. The largest absolute Gasteiger partial charge is 0.490 e. The van der Waals surface area contributed by atoms with Gasteiger partial charge in [-0.05, 0) is 45.4 Å². The molecule has 0 amide bonds. The first-order chi connectivity index (χ1) is 8.43. The molecule has 0 aromatic heterocycles. The summed E-state index contributed by atoms with van der Waals surface area (Å²) in [6.07, 6.45) is 0.759. The Morgan fingerprint density at radius 2 is 1.83 bits per heavy atom. The fourth-order valence-electron chi connectivity index (χ4n) is 1.95. The summed E-state index contributed by atoms with van der Waals surface area (Å²) in [7, 11) is 0. The first-order valence-electron chi connectivity index (χ1n) is 6.29. The molecule has 0 aliphatic rings. The number of hydrogen-bond donors (Lipinski definition) is 1. The van der Waals surface area contributed by atoms with Gasteiger partial charge < -0.3 is 10.1 Å². The van der Waals surface area contributed by atoms with Crippen molar-refractivity contribution in [3.63, 3.8) is 0 Å². The lowest BCUT2D eigenvalue weighted by molar-refractivity contribution is 0.194. The Morgan fingerprint density at radius 3 is 2.44 bits per heavy atom. The summed E-state index contributed by atoms with van der Waals surface area (Å²) in [5.41, 5.74) is 0.608. The van der Waals surface area contributed by atoms with Crippen LogP contribution in [0.1, 0.15) is 32.8 Å². The van der Waals surface area contributed by atoms with E-state index in [2.05, 4.69) is 12.2 Å². The Kier molecular flexibility index (Phi) is 5.54. The van der Waals surface area contributed by atoms with Crippen LogP contribution in [0.25, 0.3) is 0 Å². The van der Waals surface area contributed by atoms with Crippen LogP contribution in [-0.2, 0) is 0 Å². The molecule has 0 fully saturated rings. The summed E-state index contributed by atoms with van der Waals surface area (Å²) < 4.78 is 31.7. The second-order valence-electron chi connectivity index (χ2n) is 4.65. The number of hydrogen-bond acceptors (Lipinski definition) is 2. The third kappa shape index (κ3) is 4.26. The lowest BCUT2D eigenvalue weighted by Crippen LogP contribution is -2.30. The summed E-state index contributed by atoms with van der Waals surface area (Å²) in [4.78, 5) is 0. The molecule has 2 atom stereocenters. The second kappa shape index (κ2) is 6.69. The highest BCUT2D eigenvalue weighted by Crippen LogP contribution is 2.23. The molecule has 18 heavy (non-hydrogen) atoms. The fraction of sp³-hybridized carbons (Fsp3) is 0.571. The molecule has 2 nitrogen and oxygen atoms in total. The van der Waals surface area contributed by atoms with Crippen LogP contribution in [0.15, 0.2) is 12.1 Å². The molecule has 1 rings (SSSR count). The van der Waals surface area contributed by atoms with Crippen molar-refractivity contribution in [3.05, 3.63) is 29.3 Å². The van der Waals surface area contributed by atoms with E-state index in [1.54, 1.807) is 6.92 Å². The summed E-state index contributed by atoms with van der Waals surface area (Å²) in [6, 6.07) is 2.60. The van der Waals surface area contributed by atoms with Gasteiger partial charge in [-0.1, -0.05) is 6.92 Å². The number of halogens is 2. The zero-order valence-corrected chi connectivity index (χ0v) is 11.4. The van der Waals surface area contributed by atoms with Gasteiger partial charge in [-0.15, -0.1) is 0 Å². The minimum atomic E-state index is -0.873. The van der Waals surface area contributed by atoms with Crippen molar-refractivity contribution in [1.82, 2.24) is 5.32 Å². The molecule has 0 bridgehead atoms. The third-order valence-electron chi connectivity index (χ3n) is 2.78. The number of ether oxygens (including phenoxy) is 1. The highest BCUT2D eigenvalue weighted by atomic mass is 19.2. The molecule has 0 heterocycles. The molecule has 0 aliphatic carbocycles. The van der Waals surface area contributed by atoms with Crippen molar-refractivity contribution in [2.45, 2.75) is 46.3 Å². The fourth-order valence-corrected chi connectivity index (χ4v) is 1.95. The Hall–Kier alpha value is -1.16. The van der Waals surface area contributed by atoms with Crippen LogP contribution in [0.5, 0.6) is 5.75 Å². The van der Waals surface area contributed by atoms with Crippen molar-refractivity contribution < 1.29 is 13.5 Å². The predicted octanol–water partition coefficient (Wildman–Crippen LogP) is 3.43. The Balaban J connectivity index is 2.64. The van der Waals surface area contributed by atoms with Crippen molar-refractivity contribution in [2.75, 3.05) is 6.54 Å². The number of rotatable bonds is 6. The molecule has 1 aromatic rings. The molecule has 2 unspecified atom stereocenters. The zero-order chi connectivity index (χ0) is 13.7. The van der Waals surface area contributed by atoms with Gasteiger partial charge in [-0.3, -0.25) is 0 Å². The molecular formula is C14H21F2NO. The van der Waals surface area contributed by atoms with Crippen LogP contribution in [0, 0.1) is 18.6 Å². The number of nitrogens with one attached hydrogen (secondary N) is 1. The average Bonchev–Trinajstić information content (AvgIpc) is 2.26. The second-order valence-corrected chi connectivity index (χ2v) is 4.65. The van der Waals surface area contributed by atoms with Gasteiger partial charge in [0.25, 0.3) is 0 Å². The number of benzene rings is 1. The summed E-state index contributed by atoms with van der Waals surface area (Å²) in [5.74, 6) is -1.30. The van der Waals surface area contributed by atoms with Crippen LogP contribution in [0.3, 0.4) is 0 Å². The summed E-state index contributed by atoms with van der Waals surface area (Å²) in [5, 5.41) is 3.28. The van der Waals surface area contributed by atoms with Gasteiger partial charge in [0, 0.05) is 12.1 Å². The van der Waals surface area contributed by atoms with Crippen LogP contribution in [-0.4, -0.2) is 18.7 Å². The van der Waals surface area contributed by atoms with E-state index >= 15 is 0 Å². The number of aryl methyl sites for hydroxylation is 1. The first kappa shape index (κ1) is 14.9. The highest BCUT2D eigenvalue weighted by Gasteiger charge is 2.13. The minimum Gasteiger partial charge on any atom is -0.490 e. The van der Waals surface area contributed by atoms with Gasteiger partial charge >= 0.3 is 0 Å². The normalized spacial score (nSPS) is 14.3. The van der Waals surface area contributed by atoms with Gasteiger partial charge in [-0.25, -0.2) is 8.78 Å². The maximum atomic E-state index is 13.1. The van der Waals surface area contributed by atoms with Gasteiger partial charge in [0.05, 0.1) is 6.10 Å². The van der Waals surface area contributed by atoms with Gasteiger partial charge in [0.2, 0.25) is 0 Å². The van der Waals surface area contributed by atoms with E-state index in [0.717, 1.165) is 25.1 Å². The van der Waals surface area contributed by atoms with E-state index in [4.69, 9.17) is 4.74 Å². The molecule has 0 spiro atoms. The predicted molar refractivity (Wildman–Crippen MR) is 68.9 cm³/mol. The van der Waals surface area contributed by atoms with E-state index < -0.39 is 11.6 Å². The Labute approximate surface area is 107 Å². The van der Waals surface area contributed by atoms with Gasteiger partial charge in [-0.2, -0.15) is 0 Å². The monoisotopic (exact) mass is 257 g/mol. The third-order valence-corrected chi connectivity index (χ3v) is 2.78. The molecular weight excluding hydrogens is 236 g/mol. The standard InChI is InChI=1S/C14H21F2NO/c1-5-17-10(3)7-11(4)18-14-8-13(16)12(15)6-9(14)2/h6,8,10-11,17H,5,7H2,1-4H3. The van der Waals surface area contributed by atoms with Crippen LogP contribution in [0.4, 0.5) is 8.78 Å². The van der Waals surface area contributed by atoms with Gasteiger partial charge in [0.15, 0.2) is 11.6 Å². The molecule has 0 radical (unpaired) electrons. The Morgan fingerprint density at radius 1 is 1.22 bits per heavy atom. The van der Waals surface area contributed by atoms with E-state index in [9.17, 15) is 8.78 Å². The van der Waals surface area contributed by atoms with E-state index in [1.807, 2.05) is 13.8 Å². The van der Waals surface area contributed by atoms with Crippen LogP contribution >= 0.6 is 0 Å². The van der Waals surface area contributed by atoms with Gasteiger partial charge in [0.1, 0.15) is 5.75 Å². The lowest BCUT2D eigenvalue weighted by Gasteiger charge is -2.20. The molecule has 0 aliphatic heterocycles. The Bertz CT molecular complexity index is 396. The van der Waals surface area contributed by atoms with Crippen LogP contribution < -0.4 is 10.1 Å². The topological polar surface area (TPSA) is 21.3 Å². The molecule has 0 saturated heterocycles. The lowest BCUT2D eigenvalue weighted by atomic mass is 10.1. The quantitative estimate of drug-likeness (QED) is 0.843. The van der Waals surface area contributed by atoms with E-state index in [-0.39, 0.29) is 6.10 Å². The molecule has 102 valence electrons. The van der Waals surface area contributed by atoms with Crippen molar-refractivity contribution in [1.29, 1.82) is 0 Å². The zero-order valence-electron chi connectivity index (χ0n) is 11.4.